The van der Waals surface area contributed by atoms with Crippen molar-refractivity contribution in [1.82, 2.24) is 25.6 Å². The quantitative estimate of drug-likeness (QED) is 0.458. The molecule has 3 aliphatic rings. The second-order valence-electron chi connectivity index (χ2n) is 10.3. The van der Waals surface area contributed by atoms with E-state index in [1.165, 1.54) is 0 Å². The summed E-state index contributed by atoms with van der Waals surface area (Å²) >= 11 is 0. The molecule has 2 aromatic heterocycles. The second kappa shape index (κ2) is 10.1. The first-order chi connectivity index (χ1) is 17.4. The van der Waals surface area contributed by atoms with Crippen LogP contribution in [-0.2, 0) is 21.0 Å². The van der Waals surface area contributed by atoms with E-state index in [9.17, 15) is 14.7 Å². The van der Waals surface area contributed by atoms with Gasteiger partial charge in [0.15, 0.2) is 5.65 Å². The molecule has 1 amide bonds. The number of anilines is 1. The van der Waals surface area contributed by atoms with Gasteiger partial charge in [0.25, 0.3) is 0 Å². The molecule has 3 heterocycles. The lowest BCUT2D eigenvalue weighted by Gasteiger charge is -2.34. The van der Waals surface area contributed by atoms with Crippen LogP contribution in [0.2, 0.25) is 0 Å². The van der Waals surface area contributed by atoms with Gasteiger partial charge in [-0.2, -0.15) is 5.10 Å². The van der Waals surface area contributed by atoms with Gasteiger partial charge in [0.05, 0.1) is 28.9 Å². The van der Waals surface area contributed by atoms with Gasteiger partial charge in [0.1, 0.15) is 5.60 Å². The van der Waals surface area contributed by atoms with Crippen molar-refractivity contribution >= 4 is 34.3 Å². The number of rotatable bonds is 7. The lowest BCUT2D eigenvalue weighted by molar-refractivity contribution is -0.142. The summed E-state index contributed by atoms with van der Waals surface area (Å²) in [6.45, 7) is 4.64. The van der Waals surface area contributed by atoms with E-state index in [2.05, 4.69) is 27.3 Å². The molecule has 0 atom stereocenters. The van der Waals surface area contributed by atoms with Crippen molar-refractivity contribution < 1.29 is 19.5 Å². The van der Waals surface area contributed by atoms with Gasteiger partial charge in [-0.3, -0.25) is 19.9 Å². The first-order valence-electron chi connectivity index (χ1n) is 13.2. The van der Waals surface area contributed by atoms with Gasteiger partial charge < -0.3 is 15.7 Å². The second-order valence-corrected chi connectivity index (χ2v) is 10.3. The molecule has 0 radical (unpaired) electrons. The van der Waals surface area contributed by atoms with Crippen LogP contribution in [0.15, 0.2) is 18.5 Å². The summed E-state index contributed by atoms with van der Waals surface area (Å²) in [6, 6.07) is 0.379. The number of hydrogen-bond donors (Lipinski definition) is 4. The fourth-order valence-electron chi connectivity index (χ4n) is 5.74. The minimum Gasteiger partial charge on any atom is -0.481 e. The summed E-state index contributed by atoms with van der Waals surface area (Å²) in [4.78, 5) is 34.1. The minimum atomic E-state index is -0.698. The number of aromatic nitrogens is 3. The number of carboxylic acid groups (broad SMARTS) is 1. The molecule has 1 aliphatic heterocycles. The van der Waals surface area contributed by atoms with Gasteiger partial charge >= 0.3 is 5.97 Å². The highest BCUT2D eigenvalue weighted by molar-refractivity contribution is 5.96. The third-order valence-corrected chi connectivity index (χ3v) is 7.97. The van der Waals surface area contributed by atoms with E-state index in [4.69, 9.17) is 9.82 Å². The largest absolute Gasteiger partial charge is 0.481 e. The van der Waals surface area contributed by atoms with Gasteiger partial charge in [-0.25, -0.2) is 9.67 Å². The first-order valence-corrected chi connectivity index (χ1v) is 13.2. The van der Waals surface area contributed by atoms with Gasteiger partial charge in [0.2, 0.25) is 5.91 Å². The molecule has 0 aromatic carbocycles. The normalized spacial score (nSPS) is 28.1. The van der Waals surface area contributed by atoms with Crippen molar-refractivity contribution in [3.63, 3.8) is 0 Å². The number of pyridine rings is 1. The molecule has 5 rings (SSSR count). The minimum absolute atomic E-state index is 0.0951. The molecule has 1 spiro atoms. The van der Waals surface area contributed by atoms with Crippen molar-refractivity contribution in [2.24, 2.45) is 5.92 Å². The number of nitrogens with zero attached hydrogens (tertiary/aromatic N) is 3. The van der Waals surface area contributed by atoms with E-state index < -0.39 is 11.6 Å². The van der Waals surface area contributed by atoms with Gasteiger partial charge in [-0.15, -0.1) is 0 Å². The molecule has 0 unspecified atom stereocenters. The van der Waals surface area contributed by atoms with E-state index in [1.54, 1.807) is 0 Å². The summed E-state index contributed by atoms with van der Waals surface area (Å²) in [5.41, 5.74) is 6.37. The molecule has 2 saturated carbocycles. The Bertz CT molecular complexity index is 1160. The number of hydrogen-bond acceptors (Lipinski definition) is 7. The van der Waals surface area contributed by atoms with E-state index in [-0.39, 0.29) is 23.9 Å². The van der Waals surface area contributed by atoms with Gasteiger partial charge in [-0.05, 0) is 64.4 Å². The van der Waals surface area contributed by atoms with Crippen molar-refractivity contribution in [2.45, 2.75) is 95.9 Å². The molecule has 10 heteroatoms. The van der Waals surface area contributed by atoms with Crippen LogP contribution in [0.1, 0.15) is 77.2 Å². The lowest BCUT2D eigenvalue weighted by atomic mass is 9.81. The number of carboxylic acids is 1. The van der Waals surface area contributed by atoms with Crippen molar-refractivity contribution in [3.8, 4) is 0 Å². The summed E-state index contributed by atoms with van der Waals surface area (Å²) in [7, 11) is 0. The smallest absolute Gasteiger partial charge is 0.306 e. The van der Waals surface area contributed by atoms with E-state index in [1.807, 2.05) is 30.9 Å². The van der Waals surface area contributed by atoms with Crippen LogP contribution in [0.3, 0.4) is 0 Å². The van der Waals surface area contributed by atoms with E-state index in [0.717, 1.165) is 73.1 Å². The summed E-state index contributed by atoms with van der Waals surface area (Å²) in [5, 5.41) is 21.7. The number of amides is 1. The van der Waals surface area contributed by atoms with Gasteiger partial charge in [-0.1, -0.05) is 6.92 Å². The number of aliphatic carboxylic acids is 1. The van der Waals surface area contributed by atoms with Crippen molar-refractivity contribution in [1.29, 1.82) is 0 Å². The number of aryl methyl sites for hydroxylation is 1. The van der Waals surface area contributed by atoms with Crippen molar-refractivity contribution in [3.05, 3.63) is 24.0 Å². The molecule has 10 nitrogen and oxygen atoms in total. The number of carbonyl (C=O) groups excluding carboxylic acids is 1. The highest BCUT2D eigenvalue weighted by Gasteiger charge is 2.40. The van der Waals surface area contributed by atoms with Crippen LogP contribution in [0.4, 0.5) is 5.69 Å². The van der Waals surface area contributed by atoms with Crippen LogP contribution >= 0.6 is 0 Å². The monoisotopic (exact) mass is 496 g/mol. The Morgan fingerprint density at radius 1 is 1.14 bits per heavy atom. The Hall–Kier alpha value is -3.14. The number of hydroxylamine groups is 1. The summed E-state index contributed by atoms with van der Waals surface area (Å²) in [5.74, 6) is -0.860. The highest BCUT2D eigenvalue weighted by Crippen LogP contribution is 2.41. The average Bonchev–Trinajstić information content (AvgIpc) is 3.50. The zero-order chi connectivity index (χ0) is 25.3. The Morgan fingerprint density at radius 3 is 2.56 bits per heavy atom. The fraction of sp³-hybridized carbons (Fsp3) is 0.615. The maximum atomic E-state index is 11.8. The number of nitrogens with one attached hydrogen (secondary N) is 3. The third-order valence-electron chi connectivity index (χ3n) is 7.97. The predicted octanol–water partition coefficient (Wildman–Crippen LogP) is 3.59. The topological polar surface area (TPSA) is 130 Å². The Balaban J connectivity index is 1.39. The first kappa shape index (κ1) is 24.5. The maximum absolute atomic E-state index is 11.8. The summed E-state index contributed by atoms with van der Waals surface area (Å²) in [6.07, 6.45) is 12.7. The number of fused-ring (bicyclic) bond motifs is 1. The van der Waals surface area contributed by atoms with Crippen LogP contribution in [0, 0.1) is 5.92 Å². The number of carbonyl (C=O) groups is 2. The Labute approximate surface area is 210 Å². The van der Waals surface area contributed by atoms with Gasteiger partial charge in [0, 0.05) is 36.8 Å². The molecule has 0 bridgehead atoms. The Morgan fingerprint density at radius 2 is 1.89 bits per heavy atom. The van der Waals surface area contributed by atoms with Crippen LogP contribution in [-0.4, -0.2) is 49.4 Å². The molecule has 4 N–H and O–H groups in total. The molecule has 2 aliphatic carbocycles. The standard InChI is InChI=1S/C26H36N6O4/c1-3-22(33)29-18-9-11-26(12-10-18)13-21(31-36-26)19-14-27-24-20(15-28-32(24)4-2)23(19)30-17-7-5-16(6-8-17)25(34)35/h13-18,31H,3-12H2,1-2H3,(H,27,30)(H,29,33)(H,34,35). The third kappa shape index (κ3) is 4.78. The van der Waals surface area contributed by atoms with Crippen LogP contribution in [0.25, 0.3) is 16.7 Å². The molecule has 0 saturated heterocycles. The molecule has 2 aromatic rings. The zero-order valence-electron chi connectivity index (χ0n) is 21.0. The molecular weight excluding hydrogens is 460 g/mol. The van der Waals surface area contributed by atoms with Crippen LogP contribution < -0.4 is 16.1 Å². The predicted molar refractivity (Wildman–Crippen MR) is 136 cm³/mol. The van der Waals surface area contributed by atoms with E-state index >= 15 is 0 Å². The fourth-order valence-corrected chi connectivity index (χ4v) is 5.74. The van der Waals surface area contributed by atoms with Crippen molar-refractivity contribution in [2.75, 3.05) is 5.32 Å². The van der Waals surface area contributed by atoms with Crippen LogP contribution in [0.5, 0.6) is 0 Å². The molecule has 36 heavy (non-hydrogen) atoms. The highest BCUT2D eigenvalue weighted by atomic mass is 16.7. The Kier molecular flexibility index (Phi) is 6.87. The zero-order valence-corrected chi connectivity index (χ0v) is 21.0. The molecule has 2 fully saturated rings. The lowest BCUT2D eigenvalue weighted by Crippen LogP contribution is -2.43. The SMILES string of the molecule is CCC(=O)NC1CCC2(C=C(c3cnc4c(cnn4CC)c3NC3CCC(C(=O)O)CC3)NO2)CC1. The summed E-state index contributed by atoms with van der Waals surface area (Å²) < 4.78 is 1.88. The molecular formula is C26H36N6O4. The maximum Gasteiger partial charge on any atom is 0.306 e. The van der Waals surface area contributed by atoms with E-state index in [0.29, 0.717) is 19.3 Å². The average molecular weight is 497 g/mol. The molecule has 194 valence electrons.